The lowest BCUT2D eigenvalue weighted by Crippen LogP contribution is -2.18. The van der Waals surface area contributed by atoms with Crippen LogP contribution in [0, 0.1) is 0 Å². The number of nitrogens with zero attached hydrogens (tertiary/aromatic N) is 2. The molecule has 0 aliphatic carbocycles. The molecule has 14 heavy (non-hydrogen) atoms. The van der Waals surface area contributed by atoms with E-state index in [2.05, 4.69) is 5.10 Å². The summed E-state index contributed by atoms with van der Waals surface area (Å²) in [5.74, 6) is -0.561. The fourth-order valence-corrected chi connectivity index (χ4v) is 1.23. The second-order valence-electron chi connectivity index (χ2n) is 3.13. The number of carbonyl (C=O) groups excluding carboxylic acids is 1. The molecule has 0 unspecified atom stereocenters. The molecule has 1 rings (SSSR count). The lowest BCUT2D eigenvalue weighted by Gasteiger charge is -2.07. The molecular weight excluding hydrogens is 246 g/mol. The Morgan fingerprint density at radius 3 is 2.43 bits per heavy atom. The fourth-order valence-electron chi connectivity index (χ4n) is 0.901. The Bertz CT molecular complexity index is 341. The van der Waals surface area contributed by atoms with Crippen molar-refractivity contribution in [1.29, 1.82) is 0 Å². The normalized spacial score (nSPS) is 12.1. The molecule has 0 aromatic carbocycles. The molecule has 0 atom stereocenters. The number of carbonyl (C=O) groups is 1. The first-order valence-electron chi connectivity index (χ1n) is 3.98. The largest absolute Gasteiger partial charge is 0.289 e. The Balaban J connectivity index is 2.93. The van der Waals surface area contributed by atoms with Gasteiger partial charge in [-0.15, -0.1) is 0 Å². The highest BCUT2D eigenvalue weighted by atomic mass is 35.6. The molecule has 0 aliphatic rings. The van der Waals surface area contributed by atoms with Crippen LogP contribution in [0.1, 0.15) is 30.2 Å². The Kier molecular flexibility index (Phi) is 3.45. The van der Waals surface area contributed by atoms with Gasteiger partial charge < -0.3 is 0 Å². The molecule has 0 amide bonds. The summed E-state index contributed by atoms with van der Waals surface area (Å²) in [5, 5.41) is 3.97. The van der Waals surface area contributed by atoms with Crippen LogP contribution in [0.2, 0.25) is 0 Å². The summed E-state index contributed by atoms with van der Waals surface area (Å²) in [6, 6.07) is 0.173. The van der Waals surface area contributed by atoms with Crippen molar-refractivity contribution in [2.45, 2.75) is 23.7 Å². The van der Waals surface area contributed by atoms with Crippen molar-refractivity contribution in [1.82, 2.24) is 9.78 Å². The highest BCUT2D eigenvalue weighted by Gasteiger charge is 2.32. The minimum absolute atomic E-state index is 0.173. The molecule has 0 bridgehead atoms. The molecule has 0 radical (unpaired) electrons. The second-order valence-corrected chi connectivity index (χ2v) is 5.41. The van der Waals surface area contributed by atoms with Crippen molar-refractivity contribution in [3.63, 3.8) is 0 Å². The zero-order valence-corrected chi connectivity index (χ0v) is 9.94. The Morgan fingerprint density at radius 2 is 2.07 bits per heavy atom. The van der Waals surface area contributed by atoms with Gasteiger partial charge in [0.15, 0.2) is 0 Å². The Labute approximate surface area is 96.9 Å². The standard InChI is InChI=1S/C8H9Cl3N2O/c1-5(2)13-4-6(3-12-13)7(14)8(9,10)11/h3-5H,1-2H3. The van der Waals surface area contributed by atoms with Crippen molar-refractivity contribution in [2.75, 3.05) is 0 Å². The molecule has 0 spiro atoms. The van der Waals surface area contributed by atoms with Crippen LogP contribution in [0.5, 0.6) is 0 Å². The van der Waals surface area contributed by atoms with Gasteiger partial charge in [0.2, 0.25) is 5.78 Å². The maximum absolute atomic E-state index is 11.5. The van der Waals surface area contributed by atoms with Gasteiger partial charge in [0.25, 0.3) is 3.79 Å². The van der Waals surface area contributed by atoms with Crippen LogP contribution in [-0.2, 0) is 0 Å². The summed E-state index contributed by atoms with van der Waals surface area (Å²) < 4.78 is -0.283. The van der Waals surface area contributed by atoms with Gasteiger partial charge in [-0.25, -0.2) is 0 Å². The molecule has 1 aromatic heterocycles. The number of halogens is 3. The molecule has 1 heterocycles. The van der Waals surface area contributed by atoms with E-state index in [0.717, 1.165) is 0 Å². The van der Waals surface area contributed by atoms with E-state index in [1.54, 1.807) is 10.9 Å². The van der Waals surface area contributed by atoms with Gasteiger partial charge in [0.1, 0.15) is 0 Å². The predicted molar refractivity (Wildman–Crippen MR) is 57.2 cm³/mol. The third-order valence-electron chi connectivity index (χ3n) is 1.65. The van der Waals surface area contributed by atoms with Crippen LogP contribution >= 0.6 is 34.8 Å². The van der Waals surface area contributed by atoms with Crippen molar-refractivity contribution in [3.8, 4) is 0 Å². The summed E-state index contributed by atoms with van der Waals surface area (Å²) in [7, 11) is 0. The Hall–Kier alpha value is -0.250. The van der Waals surface area contributed by atoms with E-state index in [-0.39, 0.29) is 6.04 Å². The van der Waals surface area contributed by atoms with Crippen LogP contribution < -0.4 is 0 Å². The molecule has 78 valence electrons. The quantitative estimate of drug-likeness (QED) is 0.601. The molecule has 0 saturated carbocycles. The maximum atomic E-state index is 11.5. The highest BCUT2D eigenvalue weighted by molar-refractivity contribution is 6.77. The van der Waals surface area contributed by atoms with E-state index in [4.69, 9.17) is 34.8 Å². The van der Waals surface area contributed by atoms with E-state index in [9.17, 15) is 4.79 Å². The molecule has 0 fully saturated rings. The monoisotopic (exact) mass is 254 g/mol. The fraction of sp³-hybridized carbons (Fsp3) is 0.500. The van der Waals surface area contributed by atoms with Crippen LogP contribution in [-0.4, -0.2) is 19.4 Å². The molecule has 0 saturated heterocycles. The lowest BCUT2D eigenvalue weighted by molar-refractivity contribution is 0.0996. The molecule has 0 aliphatic heterocycles. The number of rotatable bonds is 2. The molecule has 0 N–H and O–H groups in total. The number of hydrogen-bond donors (Lipinski definition) is 0. The van der Waals surface area contributed by atoms with Crippen molar-refractivity contribution in [2.24, 2.45) is 0 Å². The van der Waals surface area contributed by atoms with Crippen molar-refractivity contribution in [3.05, 3.63) is 18.0 Å². The van der Waals surface area contributed by atoms with Gasteiger partial charge in [-0.1, -0.05) is 34.8 Å². The summed E-state index contributed by atoms with van der Waals surface area (Å²) >= 11 is 16.4. The number of Topliss-reactive ketones (excluding diaryl/α,β-unsaturated/α-hetero) is 1. The minimum Gasteiger partial charge on any atom is -0.289 e. The van der Waals surface area contributed by atoms with E-state index < -0.39 is 9.58 Å². The summed E-state index contributed by atoms with van der Waals surface area (Å²) in [4.78, 5) is 11.5. The molecule has 6 heteroatoms. The topological polar surface area (TPSA) is 34.9 Å². The van der Waals surface area contributed by atoms with E-state index in [1.807, 2.05) is 13.8 Å². The molecule has 1 aromatic rings. The number of aromatic nitrogens is 2. The maximum Gasteiger partial charge on any atom is 0.253 e. The van der Waals surface area contributed by atoms with E-state index >= 15 is 0 Å². The predicted octanol–water partition coefficient (Wildman–Crippen LogP) is 3.02. The van der Waals surface area contributed by atoms with Crippen LogP contribution in [0.3, 0.4) is 0 Å². The first-order chi connectivity index (χ1) is 6.32. The number of ketones is 1. The SMILES string of the molecule is CC(C)n1cc(C(=O)C(Cl)(Cl)Cl)cn1. The smallest absolute Gasteiger partial charge is 0.253 e. The van der Waals surface area contributed by atoms with Gasteiger partial charge in [-0.2, -0.15) is 5.10 Å². The Morgan fingerprint density at radius 1 is 1.50 bits per heavy atom. The lowest BCUT2D eigenvalue weighted by atomic mass is 10.2. The second kappa shape index (κ2) is 4.09. The van der Waals surface area contributed by atoms with Gasteiger partial charge >= 0.3 is 0 Å². The van der Waals surface area contributed by atoms with Crippen LogP contribution in [0.4, 0.5) is 0 Å². The van der Waals surface area contributed by atoms with E-state index in [1.165, 1.54) is 6.20 Å². The molecular formula is C8H9Cl3N2O. The highest BCUT2D eigenvalue weighted by Crippen LogP contribution is 2.30. The summed E-state index contributed by atoms with van der Waals surface area (Å²) in [6.07, 6.45) is 2.96. The zero-order valence-electron chi connectivity index (χ0n) is 7.67. The minimum atomic E-state index is -1.91. The summed E-state index contributed by atoms with van der Waals surface area (Å²) in [6.45, 7) is 3.88. The number of hydrogen-bond acceptors (Lipinski definition) is 2. The third kappa shape index (κ3) is 2.62. The van der Waals surface area contributed by atoms with Crippen LogP contribution in [0.25, 0.3) is 0 Å². The van der Waals surface area contributed by atoms with Crippen LogP contribution in [0.15, 0.2) is 12.4 Å². The van der Waals surface area contributed by atoms with Crippen molar-refractivity contribution < 1.29 is 4.79 Å². The van der Waals surface area contributed by atoms with Gasteiger partial charge in [-0.05, 0) is 13.8 Å². The van der Waals surface area contributed by atoms with E-state index in [0.29, 0.717) is 5.56 Å². The number of alkyl halides is 3. The van der Waals surface area contributed by atoms with Gasteiger partial charge in [-0.3, -0.25) is 9.48 Å². The third-order valence-corrected chi connectivity index (χ3v) is 2.17. The average Bonchev–Trinajstić information content (AvgIpc) is 2.48. The molecule has 3 nitrogen and oxygen atoms in total. The zero-order chi connectivity index (χ0) is 10.9. The van der Waals surface area contributed by atoms with Crippen molar-refractivity contribution >= 4 is 40.6 Å². The average molecular weight is 256 g/mol. The van der Waals surface area contributed by atoms with Gasteiger partial charge in [0.05, 0.1) is 11.8 Å². The first kappa shape index (κ1) is 11.8. The van der Waals surface area contributed by atoms with Gasteiger partial charge in [0, 0.05) is 12.2 Å². The summed E-state index contributed by atoms with van der Waals surface area (Å²) in [5.41, 5.74) is 0.304. The first-order valence-corrected chi connectivity index (χ1v) is 5.11.